The van der Waals surface area contributed by atoms with Gasteiger partial charge in [-0.15, -0.1) is 0 Å². The van der Waals surface area contributed by atoms with E-state index in [1.807, 2.05) is 0 Å². The second kappa shape index (κ2) is 8.09. The third-order valence-corrected chi connectivity index (χ3v) is 4.84. The zero-order valence-electron chi connectivity index (χ0n) is 14.4. The van der Waals surface area contributed by atoms with Crippen molar-refractivity contribution in [2.45, 2.75) is 6.92 Å². The van der Waals surface area contributed by atoms with Crippen LogP contribution >= 0.6 is 0 Å². The van der Waals surface area contributed by atoms with E-state index in [2.05, 4.69) is 5.32 Å². The predicted molar refractivity (Wildman–Crippen MR) is 97.4 cm³/mol. The Labute approximate surface area is 151 Å². The van der Waals surface area contributed by atoms with E-state index in [1.165, 1.54) is 37.3 Å². The molecule has 0 aromatic heterocycles. The fraction of sp³-hybridized carbons (Fsp3) is 0.222. The van der Waals surface area contributed by atoms with Crippen molar-refractivity contribution >= 4 is 27.4 Å². The summed E-state index contributed by atoms with van der Waals surface area (Å²) in [5, 5.41) is 2.56. The molecule has 0 saturated heterocycles. The zero-order valence-corrected chi connectivity index (χ0v) is 15.2. The highest BCUT2D eigenvalue weighted by Crippen LogP contribution is 2.18. The van der Waals surface area contributed by atoms with E-state index in [-0.39, 0.29) is 24.4 Å². The monoisotopic (exact) mass is 378 g/mol. The molecule has 0 heterocycles. The third-order valence-electron chi connectivity index (χ3n) is 3.65. The van der Waals surface area contributed by atoms with Gasteiger partial charge >= 0.3 is 0 Å². The number of nitrogens with zero attached hydrogens (tertiary/aromatic N) is 1. The molecular weight excluding hydrogens is 359 g/mol. The highest BCUT2D eigenvalue weighted by Gasteiger charge is 2.18. The van der Waals surface area contributed by atoms with Gasteiger partial charge in [0.2, 0.25) is 10.0 Å². The molecule has 2 aromatic carbocycles. The number of ketones is 1. The molecule has 0 unspecified atom stereocenters. The molecule has 0 aliphatic heterocycles. The summed E-state index contributed by atoms with van der Waals surface area (Å²) in [6, 6.07) is 11.4. The first kappa shape index (κ1) is 19.6. The molecule has 8 heteroatoms. The van der Waals surface area contributed by atoms with Crippen LogP contribution in [0.2, 0.25) is 0 Å². The summed E-state index contributed by atoms with van der Waals surface area (Å²) in [5.41, 5.74) is 1.01. The van der Waals surface area contributed by atoms with Gasteiger partial charge in [0, 0.05) is 17.7 Å². The number of carbonyl (C=O) groups is 2. The van der Waals surface area contributed by atoms with Crippen molar-refractivity contribution in [1.82, 2.24) is 5.32 Å². The Hall–Kier alpha value is -2.74. The lowest BCUT2D eigenvalue weighted by atomic mass is 10.1. The summed E-state index contributed by atoms with van der Waals surface area (Å²) in [6.45, 7) is 1.46. The van der Waals surface area contributed by atoms with Gasteiger partial charge in [-0.25, -0.2) is 12.8 Å². The van der Waals surface area contributed by atoms with Crippen LogP contribution in [0, 0.1) is 5.82 Å². The van der Waals surface area contributed by atoms with Crippen LogP contribution in [0.15, 0.2) is 48.5 Å². The molecule has 1 N–H and O–H groups in total. The summed E-state index contributed by atoms with van der Waals surface area (Å²) in [4.78, 5) is 23.3. The summed E-state index contributed by atoms with van der Waals surface area (Å²) < 4.78 is 38.4. The number of halogens is 1. The number of rotatable bonds is 7. The number of benzene rings is 2. The molecule has 26 heavy (non-hydrogen) atoms. The standard InChI is InChI=1S/C18H19FN2O4S/c1-13(22)14-6-8-17(9-7-14)21(26(2,24)25)11-10-20-18(23)15-4-3-5-16(19)12-15/h3-9,12H,10-11H2,1-2H3,(H,20,23). The first-order chi connectivity index (χ1) is 12.2. The highest BCUT2D eigenvalue weighted by atomic mass is 32.2. The van der Waals surface area contributed by atoms with Gasteiger partial charge in [0.15, 0.2) is 5.78 Å². The molecule has 0 radical (unpaired) electrons. The second-order valence-electron chi connectivity index (χ2n) is 5.70. The summed E-state index contributed by atoms with van der Waals surface area (Å²) in [7, 11) is -3.58. The van der Waals surface area contributed by atoms with Crippen LogP contribution < -0.4 is 9.62 Å². The second-order valence-corrected chi connectivity index (χ2v) is 7.61. The van der Waals surface area contributed by atoms with Gasteiger partial charge < -0.3 is 5.32 Å². The fourth-order valence-corrected chi connectivity index (χ4v) is 3.28. The van der Waals surface area contributed by atoms with Gasteiger partial charge in [-0.1, -0.05) is 6.07 Å². The summed E-state index contributed by atoms with van der Waals surface area (Å²) >= 11 is 0. The number of amides is 1. The Bertz CT molecular complexity index is 911. The van der Waals surface area contributed by atoms with Gasteiger partial charge in [-0.2, -0.15) is 0 Å². The molecule has 138 valence electrons. The van der Waals surface area contributed by atoms with Gasteiger partial charge in [0.05, 0.1) is 18.5 Å². The smallest absolute Gasteiger partial charge is 0.251 e. The van der Waals surface area contributed by atoms with E-state index in [1.54, 1.807) is 12.1 Å². The van der Waals surface area contributed by atoms with Crippen LogP contribution in [0.4, 0.5) is 10.1 Å². The average molecular weight is 378 g/mol. The molecule has 2 aromatic rings. The van der Waals surface area contributed by atoms with Crippen LogP contribution in [-0.2, 0) is 10.0 Å². The SMILES string of the molecule is CC(=O)c1ccc(N(CCNC(=O)c2cccc(F)c2)S(C)(=O)=O)cc1. The lowest BCUT2D eigenvalue weighted by molar-refractivity contribution is 0.0953. The van der Waals surface area contributed by atoms with Gasteiger partial charge in [-0.3, -0.25) is 13.9 Å². The van der Waals surface area contributed by atoms with Crippen molar-refractivity contribution in [3.05, 3.63) is 65.5 Å². The highest BCUT2D eigenvalue weighted by molar-refractivity contribution is 7.92. The molecule has 0 spiro atoms. The molecule has 0 atom stereocenters. The van der Waals surface area contributed by atoms with Crippen molar-refractivity contribution in [1.29, 1.82) is 0 Å². The van der Waals surface area contributed by atoms with Gasteiger partial charge in [0.1, 0.15) is 5.82 Å². The van der Waals surface area contributed by atoms with E-state index in [0.29, 0.717) is 11.3 Å². The minimum absolute atomic E-state index is 0.000687. The number of hydrogen-bond acceptors (Lipinski definition) is 4. The zero-order chi connectivity index (χ0) is 19.3. The summed E-state index contributed by atoms with van der Waals surface area (Å²) in [5.74, 6) is -1.14. The van der Waals surface area contributed by atoms with Gasteiger partial charge in [0.25, 0.3) is 5.91 Å². The fourth-order valence-electron chi connectivity index (χ4n) is 2.35. The number of nitrogens with one attached hydrogen (secondary N) is 1. The lowest BCUT2D eigenvalue weighted by Crippen LogP contribution is -2.38. The van der Waals surface area contributed by atoms with Crippen molar-refractivity contribution in [2.75, 3.05) is 23.7 Å². The Kier molecular flexibility index (Phi) is 6.10. The van der Waals surface area contributed by atoms with Crippen molar-refractivity contribution in [3.8, 4) is 0 Å². The Morgan fingerprint density at radius 3 is 2.27 bits per heavy atom. The van der Waals surface area contributed by atoms with E-state index in [9.17, 15) is 22.4 Å². The number of hydrogen-bond donors (Lipinski definition) is 1. The van der Waals surface area contributed by atoms with E-state index in [4.69, 9.17) is 0 Å². The molecule has 0 aliphatic carbocycles. The normalized spacial score (nSPS) is 11.0. The third kappa shape index (κ3) is 5.13. The number of sulfonamides is 1. The number of carbonyl (C=O) groups excluding carboxylic acids is 2. The number of anilines is 1. The lowest BCUT2D eigenvalue weighted by Gasteiger charge is -2.22. The van der Waals surface area contributed by atoms with E-state index < -0.39 is 21.7 Å². The van der Waals surface area contributed by atoms with Crippen LogP contribution in [0.1, 0.15) is 27.6 Å². The Morgan fingerprint density at radius 2 is 1.73 bits per heavy atom. The van der Waals surface area contributed by atoms with Crippen LogP contribution in [0.3, 0.4) is 0 Å². The molecule has 1 amide bonds. The number of Topliss-reactive ketones (excluding diaryl/α,β-unsaturated/α-hetero) is 1. The molecule has 2 rings (SSSR count). The Balaban J connectivity index is 2.07. The molecule has 0 fully saturated rings. The minimum Gasteiger partial charge on any atom is -0.350 e. The largest absolute Gasteiger partial charge is 0.350 e. The van der Waals surface area contributed by atoms with Gasteiger partial charge in [-0.05, 0) is 49.4 Å². The quantitative estimate of drug-likeness (QED) is 0.749. The van der Waals surface area contributed by atoms with Crippen LogP contribution in [0.5, 0.6) is 0 Å². The maximum atomic E-state index is 13.2. The maximum absolute atomic E-state index is 13.2. The van der Waals surface area contributed by atoms with Crippen LogP contribution in [-0.4, -0.2) is 39.5 Å². The molecular formula is C18H19FN2O4S. The maximum Gasteiger partial charge on any atom is 0.251 e. The Morgan fingerprint density at radius 1 is 1.08 bits per heavy atom. The average Bonchev–Trinajstić information content (AvgIpc) is 2.57. The van der Waals surface area contributed by atoms with E-state index in [0.717, 1.165) is 16.6 Å². The molecule has 0 aliphatic rings. The molecule has 0 saturated carbocycles. The van der Waals surface area contributed by atoms with Crippen LogP contribution in [0.25, 0.3) is 0 Å². The van der Waals surface area contributed by atoms with Crippen molar-refractivity contribution < 1.29 is 22.4 Å². The predicted octanol–water partition coefficient (Wildman–Crippen LogP) is 2.22. The summed E-state index contributed by atoms with van der Waals surface area (Å²) in [6.07, 6.45) is 1.06. The molecule has 0 bridgehead atoms. The van der Waals surface area contributed by atoms with Crippen molar-refractivity contribution in [3.63, 3.8) is 0 Å². The van der Waals surface area contributed by atoms with E-state index >= 15 is 0 Å². The van der Waals surface area contributed by atoms with Crippen molar-refractivity contribution in [2.24, 2.45) is 0 Å². The first-order valence-electron chi connectivity index (χ1n) is 7.81. The first-order valence-corrected chi connectivity index (χ1v) is 9.66. The topological polar surface area (TPSA) is 83.6 Å². The molecule has 6 nitrogen and oxygen atoms in total. The minimum atomic E-state index is -3.58.